The molecule has 2 nitrogen and oxygen atoms in total. The Morgan fingerprint density at radius 3 is 3.14 bits per heavy atom. The minimum absolute atomic E-state index is 0.203. The van der Waals surface area contributed by atoms with Gasteiger partial charge in [-0.3, -0.25) is 5.32 Å². The fourth-order valence-electron chi connectivity index (χ4n) is 1.54. The molecule has 0 aliphatic carbocycles. The quantitative estimate of drug-likeness (QED) is 0.675. The van der Waals surface area contributed by atoms with Gasteiger partial charge in [0.1, 0.15) is 6.10 Å². The molecule has 0 aromatic heterocycles. The summed E-state index contributed by atoms with van der Waals surface area (Å²) in [6, 6.07) is 0.203. The van der Waals surface area contributed by atoms with Crippen molar-refractivity contribution in [2.45, 2.75) is 44.8 Å². The van der Waals surface area contributed by atoms with Gasteiger partial charge in [0.05, 0.1) is 12.3 Å². The minimum atomic E-state index is 0.203. The average molecular weight is 193 g/mol. The standard InChI is InChI=1S/C12H19NO/c1-3-7-11(4-2)13-10-12-8-5-6-9-14-12/h2,6,9,11-13H,3,5,7-8,10H2,1H3. The number of terminal acetylenes is 1. The summed E-state index contributed by atoms with van der Waals surface area (Å²) >= 11 is 0. The second kappa shape index (κ2) is 6.50. The van der Waals surface area contributed by atoms with Gasteiger partial charge in [-0.15, -0.1) is 6.42 Å². The van der Waals surface area contributed by atoms with Gasteiger partial charge < -0.3 is 4.74 Å². The van der Waals surface area contributed by atoms with Crippen LogP contribution in [0.3, 0.4) is 0 Å². The fraction of sp³-hybridized carbons (Fsp3) is 0.667. The number of allylic oxidation sites excluding steroid dienone is 1. The molecule has 0 fully saturated rings. The van der Waals surface area contributed by atoms with Crippen LogP contribution in [0, 0.1) is 12.3 Å². The van der Waals surface area contributed by atoms with E-state index in [-0.39, 0.29) is 6.04 Å². The summed E-state index contributed by atoms with van der Waals surface area (Å²) in [7, 11) is 0. The van der Waals surface area contributed by atoms with Crippen molar-refractivity contribution in [1.82, 2.24) is 5.32 Å². The number of hydrogen-bond acceptors (Lipinski definition) is 2. The van der Waals surface area contributed by atoms with E-state index in [4.69, 9.17) is 11.2 Å². The van der Waals surface area contributed by atoms with E-state index < -0.39 is 0 Å². The molecule has 14 heavy (non-hydrogen) atoms. The van der Waals surface area contributed by atoms with Crippen LogP contribution >= 0.6 is 0 Å². The van der Waals surface area contributed by atoms with Crippen LogP contribution in [0.25, 0.3) is 0 Å². The maximum Gasteiger partial charge on any atom is 0.110 e. The van der Waals surface area contributed by atoms with E-state index in [1.54, 1.807) is 6.26 Å². The molecular weight excluding hydrogens is 174 g/mol. The molecule has 2 atom stereocenters. The van der Waals surface area contributed by atoms with E-state index in [1.165, 1.54) is 0 Å². The lowest BCUT2D eigenvalue weighted by Crippen LogP contribution is -2.35. The molecule has 1 heterocycles. The van der Waals surface area contributed by atoms with Crippen LogP contribution in [0.5, 0.6) is 0 Å². The van der Waals surface area contributed by atoms with Gasteiger partial charge >= 0.3 is 0 Å². The highest BCUT2D eigenvalue weighted by atomic mass is 16.5. The second-order valence-electron chi connectivity index (χ2n) is 3.62. The third kappa shape index (κ3) is 3.85. The van der Waals surface area contributed by atoms with Crippen LogP contribution in [-0.2, 0) is 4.74 Å². The first-order valence-electron chi connectivity index (χ1n) is 5.36. The molecule has 2 unspecified atom stereocenters. The zero-order valence-electron chi connectivity index (χ0n) is 8.83. The lowest BCUT2D eigenvalue weighted by molar-refractivity contribution is 0.120. The third-order valence-corrected chi connectivity index (χ3v) is 2.39. The molecule has 1 rings (SSSR count). The largest absolute Gasteiger partial charge is 0.497 e. The summed E-state index contributed by atoms with van der Waals surface area (Å²) in [6.45, 7) is 3.01. The van der Waals surface area contributed by atoms with E-state index in [0.29, 0.717) is 6.10 Å². The maximum atomic E-state index is 5.44. The Morgan fingerprint density at radius 2 is 2.57 bits per heavy atom. The van der Waals surface area contributed by atoms with Gasteiger partial charge in [0.2, 0.25) is 0 Å². The summed E-state index contributed by atoms with van der Waals surface area (Å²) < 4.78 is 5.44. The predicted molar refractivity (Wildman–Crippen MR) is 58.8 cm³/mol. The van der Waals surface area contributed by atoms with Gasteiger partial charge in [-0.1, -0.05) is 19.3 Å². The lowest BCUT2D eigenvalue weighted by Gasteiger charge is -2.21. The Balaban J connectivity index is 2.18. The van der Waals surface area contributed by atoms with Crippen molar-refractivity contribution in [3.8, 4) is 12.3 Å². The fourth-order valence-corrected chi connectivity index (χ4v) is 1.54. The number of nitrogens with one attached hydrogen (secondary N) is 1. The Hall–Kier alpha value is -0.940. The molecule has 0 saturated carbocycles. The average Bonchev–Trinajstić information content (AvgIpc) is 2.25. The molecule has 0 spiro atoms. The second-order valence-corrected chi connectivity index (χ2v) is 3.62. The van der Waals surface area contributed by atoms with Crippen molar-refractivity contribution in [2.24, 2.45) is 0 Å². The normalized spacial score (nSPS) is 22.4. The van der Waals surface area contributed by atoms with Gasteiger partial charge in [-0.2, -0.15) is 0 Å². The van der Waals surface area contributed by atoms with E-state index >= 15 is 0 Å². The van der Waals surface area contributed by atoms with Crippen LogP contribution in [0.15, 0.2) is 12.3 Å². The molecule has 0 radical (unpaired) electrons. The Morgan fingerprint density at radius 1 is 1.71 bits per heavy atom. The van der Waals surface area contributed by atoms with Gasteiger partial charge in [-0.25, -0.2) is 0 Å². The first-order valence-corrected chi connectivity index (χ1v) is 5.36. The third-order valence-electron chi connectivity index (χ3n) is 2.39. The van der Waals surface area contributed by atoms with Gasteiger partial charge in [0.15, 0.2) is 0 Å². The van der Waals surface area contributed by atoms with Crippen LogP contribution in [0.1, 0.15) is 32.6 Å². The van der Waals surface area contributed by atoms with Crippen molar-refractivity contribution >= 4 is 0 Å². The van der Waals surface area contributed by atoms with Crippen LogP contribution in [0.4, 0.5) is 0 Å². The highest BCUT2D eigenvalue weighted by molar-refractivity contribution is 4.98. The smallest absolute Gasteiger partial charge is 0.110 e. The highest BCUT2D eigenvalue weighted by Crippen LogP contribution is 2.09. The molecule has 0 aromatic carbocycles. The molecule has 0 bridgehead atoms. The number of hydrogen-bond donors (Lipinski definition) is 1. The highest BCUT2D eigenvalue weighted by Gasteiger charge is 2.12. The summed E-state index contributed by atoms with van der Waals surface area (Å²) in [5.41, 5.74) is 0. The minimum Gasteiger partial charge on any atom is -0.497 e. The molecule has 1 aliphatic heterocycles. The van der Waals surface area contributed by atoms with Gasteiger partial charge in [-0.05, 0) is 25.3 Å². The zero-order valence-corrected chi connectivity index (χ0v) is 8.83. The molecule has 0 saturated heterocycles. The van der Waals surface area contributed by atoms with Crippen molar-refractivity contribution in [3.05, 3.63) is 12.3 Å². The Labute approximate surface area is 86.7 Å². The van der Waals surface area contributed by atoms with Gasteiger partial charge in [0.25, 0.3) is 0 Å². The molecule has 78 valence electrons. The van der Waals surface area contributed by atoms with Crippen molar-refractivity contribution in [2.75, 3.05) is 6.54 Å². The predicted octanol–water partition coefficient (Wildman–Crippen LogP) is 2.07. The first-order chi connectivity index (χ1) is 6.86. The molecule has 2 heteroatoms. The molecule has 1 aliphatic rings. The molecule has 1 N–H and O–H groups in total. The molecule has 0 aromatic rings. The van der Waals surface area contributed by atoms with E-state index in [2.05, 4.69) is 24.2 Å². The maximum absolute atomic E-state index is 5.44. The molecular formula is C12H19NO. The zero-order chi connectivity index (χ0) is 10.2. The Bertz CT molecular complexity index is 217. The summed E-state index contributed by atoms with van der Waals surface area (Å²) in [5, 5.41) is 3.35. The number of rotatable bonds is 5. The van der Waals surface area contributed by atoms with Crippen molar-refractivity contribution in [3.63, 3.8) is 0 Å². The molecule has 0 amide bonds. The topological polar surface area (TPSA) is 21.3 Å². The summed E-state index contributed by atoms with van der Waals surface area (Å²) in [4.78, 5) is 0. The summed E-state index contributed by atoms with van der Waals surface area (Å²) in [6.07, 6.45) is 13.9. The number of ether oxygens (including phenoxy) is 1. The lowest BCUT2D eigenvalue weighted by atomic mass is 10.1. The van der Waals surface area contributed by atoms with Crippen molar-refractivity contribution < 1.29 is 4.74 Å². The van der Waals surface area contributed by atoms with E-state index in [1.807, 2.05) is 0 Å². The van der Waals surface area contributed by atoms with E-state index in [0.717, 1.165) is 32.2 Å². The van der Waals surface area contributed by atoms with Crippen LogP contribution < -0.4 is 5.32 Å². The monoisotopic (exact) mass is 193 g/mol. The first kappa shape index (κ1) is 11.1. The van der Waals surface area contributed by atoms with Gasteiger partial charge in [0, 0.05) is 6.54 Å². The van der Waals surface area contributed by atoms with Crippen LogP contribution in [0.2, 0.25) is 0 Å². The van der Waals surface area contributed by atoms with Crippen LogP contribution in [-0.4, -0.2) is 18.7 Å². The summed E-state index contributed by atoms with van der Waals surface area (Å²) in [5.74, 6) is 2.76. The van der Waals surface area contributed by atoms with E-state index in [9.17, 15) is 0 Å². The Kier molecular flexibility index (Phi) is 5.17. The SMILES string of the molecule is C#CC(CCC)NCC1CCC=CO1. The van der Waals surface area contributed by atoms with Crippen molar-refractivity contribution in [1.29, 1.82) is 0 Å².